The predicted molar refractivity (Wildman–Crippen MR) is 166 cm³/mol. The third-order valence-corrected chi connectivity index (χ3v) is 8.73. The first-order chi connectivity index (χ1) is 22.1. The highest BCUT2D eigenvalue weighted by atomic mass is 19.1. The number of H-pyrrole nitrogens is 1. The molecule has 1 atom stereocenters. The molecule has 0 spiro atoms. The number of aryl methyl sites for hydroxylation is 1. The zero-order chi connectivity index (χ0) is 32.6. The van der Waals surface area contributed by atoms with Crippen molar-refractivity contribution in [1.29, 1.82) is 0 Å². The van der Waals surface area contributed by atoms with Crippen molar-refractivity contribution < 1.29 is 28.6 Å². The number of nitrogens with one attached hydrogen (secondary N) is 2. The van der Waals surface area contributed by atoms with E-state index in [0.29, 0.717) is 54.3 Å². The molecule has 5 heterocycles. The molecule has 13 heteroatoms. The number of aromatic nitrogens is 4. The number of amides is 1. The number of benzene rings is 1. The van der Waals surface area contributed by atoms with E-state index in [2.05, 4.69) is 22.2 Å². The van der Waals surface area contributed by atoms with E-state index in [4.69, 9.17) is 14.5 Å². The van der Waals surface area contributed by atoms with Gasteiger partial charge in [0.15, 0.2) is 17.2 Å². The van der Waals surface area contributed by atoms with Crippen LogP contribution in [0.2, 0.25) is 0 Å². The number of hydrogen-bond acceptors (Lipinski definition) is 9. The Morgan fingerprint density at radius 1 is 1.15 bits per heavy atom. The second kappa shape index (κ2) is 12.5. The molecule has 2 aliphatic heterocycles. The van der Waals surface area contributed by atoms with Gasteiger partial charge in [-0.2, -0.15) is 4.98 Å². The van der Waals surface area contributed by atoms with Crippen molar-refractivity contribution in [3.63, 3.8) is 0 Å². The first-order valence-corrected chi connectivity index (χ1v) is 15.4. The number of fused-ring (bicyclic) bond motifs is 5. The molecule has 0 saturated heterocycles. The molecule has 3 N–H and O–H groups in total. The van der Waals surface area contributed by atoms with Crippen LogP contribution >= 0.6 is 0 Å². The zero-order valence-corrected chi connectivity index (χ0v) is 25.6. The Hall–Kier alpha value is -4.91. The lowest BCUT2D eigenvalue weighted by Gasteiger charge is -2.31. The lowest BCUT2D eigenvalue weighted by molar-refractivity contribution is -0.172. The van der Waals surface area contributed by atoms with Gasteiger partial charge in [-0.15, -0.1) is 0 Å². The second-order valence-electron chi connectivity index (χ2n) is 11.5. The Kier molecular flexibility index (Phi) is 8.43. The van der Waals surface area contributed by atoms with Crippen LogP contribution in [0.3, 0.4) is 0 Å². The van der Waals surface area contributed by atoms with Crippen LogP contribution in [-0.2, 0) is 39.5 Å². The number of anilines is 1. The predicted octanol–water partition coefficient (Wildman–Crippen LogP) is 3.83. The summed E-state index contributed by atoms with van der Waals surface area (Å²) in [6.45, 7) is 4.37. The maximum absolute atomic E-state index is 13.7. The SMILES string of the molecule is CCc1c2c(nc3ccc(OCCCCCCC(=O)Nc4[nH]c(=O)ncc4F)cc13)-c1cc3c(c(=O)n1C2)COC(=O)[C@]3(O)CC. The van der Waals surface area contributed by atoms with Gasteiger partial charge in [0.2, 0.25) is 5.91 Å². The van der Waals surface area contributed by atoms with Gasteiger partial charge in [-0.3, -0.25) is 14.6 Å². The summed E-state index contributed by atoms with van der Waals surface area (Å²) in [5, 5.41) is 14.4. The fourth-order valence-corrected chi connectivity index (χ4v) is 6.24. The van der Waals surface area contributed by atoms with E-state index >= 15 is 0 Å². The average Bonchev–Trinajstić information content (AvgIpc) is 3.41. The third kappa shape index (κ3) is 5.55. The van der Waals surface area contributed by atoms with Crippen molar-refractivity contribution in [1.82, 2.24) is 19.5 Å². The van der Waals surface area contributed by atoms with E-state index in [-0.39, 0.29) is 36.7 Å². The maximum Gasteiger partial charge on any atom is 0.346 e. The van der Waals surface area contributed by atoms with Crippen molar-refractivity contribution >= 4 is 28.6 Å². The van der Waals surface area contributed by atoms with E-state index < -0.39 is 23.1 Å². The lowest BCUT2D eigenvalue weighted by Crippen LogP contribution is -2.44. The normalized spacial score (nSPS) is 16.5. The van der Waals surface area contributed by atoms with Crippen molar-refractivity contribution in [2.45, 2.75) is 77.5 Å². The molecule has 3 aromatic heterocycles. The molecule has 240 valence electrons. The highest BCUT2D eigenvalue weighted by molar-refractivity contribution is 5.90. The van der Waals surface area contributed by atoms with Crippen molar-refractivity contribution in [2.75, 3.05) is 11.9 Å². The molecule has 46 heavy (non-hydrogen) atoms. The number of cyclic esters (lactones) is 1. The first-order valence-electron chi connectivity index (χ1n) is 15.4. The number of carbonyl (C=O) groups excluding carboxylic acids is 2. The van der Waals surface area contributed by atoms with Gasteiger partial charge in [0.1, 0.15) is 12.4 Å². The Labute approximate surface area is 262 Å². The smallest absolute Gasteiger partial charge is 0.346 e. The van der Waals surface area contributed by atoms with Crippen LogP contribution in [0.4, 0.5) is 10.2 Å². The number of aliphatic hydroxyl groups is 1. The Bertz CT molecular complexity index is 1990. The van der Waals surface area contributed by atoms with Gasteiger partial charge in [-0.05, 0) is 55.5 Å². The molecule has 0 aliphatic carbocycles. The molecular weight excluding hydrogens is 597 g/mol. The number of unbranched alkanes of at least 4 members (excludes halogenated alkanes) is 3. The summed E-state index contributed by atoms with van der Waals surface area (Å²) in [6.07, 6.45) is 4.72. The number of hydrogen-bond donors (Lipinski definition) is 3. The van der Waals surface area contributed by atoms with Crippen LogP contribution in [0.1, 0.15) is 74.6 Å². The molecule has 0 radical (unpaired) electrons. The van der Waals surface area contributed by atoms with E-state index in [1.165, 1.54) is 0 Å². The van der Waals surface area contributed by atoms with E-state index in [1.54, 1.807) is 17.6 Å². The number of ether oxygens (including phenoxy) is 2. The number of carbonyl (C=O) groups is 2. The zero-order valence-electron chi connectivity index (χ0n) is 25.6. The largest absolute Gasteiger partial charge is 0.494 e. The number of pyridine rings is 2. The molecule has 4 aromatic rings. The van der Waals surface area contributed by atoms with Crippen LogP contribution in [0.25, 0.3) is 22.3 Å². The second-order valence-corrected chi connectivity index (χ2v) is 11.5. The minimum Gasteiger partial charge on any atom is -0.494 e. The monoisotopic (exact) mass is 631 g/mol. The number of rotatable bonds is 11. The molecule has 0 fully saturated rings. The summed E-state index contributed by atoms with van der Waals surface area (Å²) < 4.78 is 26.5. The molecule has 1 amide bonds. The summed E-state index contributed by atoms with van der Waals surface area (Å²) in [5.74, 6) is -1.53. The van der Waals surface area contributed by atoms with Gasteiger partial charge in [0.05, 0.1) is 41.8 Å². The summed E-state index contributed by atoms with van der Waals surface area (Å²) in [7, 11) is 0. The van der Waals surface area contributed by atoms with Gasteiger partial charge in [-0.25, -0.2) is 19.0 Å². The number of aromatic amines is 1. The number of halogens is 1. The maximum atomic E-state index is 13.7. The Morgan fingerprint density at radius 2 is 1.96 bits per heavy atom. The van der Waals surface area contributed by atoms with Gasteiger partial charge in [-0.1, -0.05) is 26.7 Å². The van der Waals surface area contributed by atoms with Crippen molar-refractivity contribution in [3.05, 3.63) is 79.4 Å². The quantitative estimate of drug-likeness (QED) is 0.145. The number of esters is 1. The summed E-state index contributed by atoms with van der Waals surface area (Å²) in [6, 6.07) is 7.43. The number of nitrogens with zero attached hydrogens (tertiary/aromatic N) is 3. The fourth-order valence-electron chi connectivity index (χ4n) is 6.24. The van der Waals surface area contributed by atoms with Crippen LogP contribution < -0.4 is 21.3 Å². The summed E-state index contributed by atoms with van der Waals surface area (Å²) in [4.78, 5) is 59.7. The highest BCUT2D eigenvalue weighted by Gasteiger charge is 2.45. The Morgan fingerprint density at radius 3 is 2.74 bits per heavy atom. The standard InChI is InChI=1S/C33H34FN5O7/c1-3-19-20-13-18(45-12-8-6-5-7-9-27(40)37-29-24(34)15-35-32(43)38-29)10-11-25(20)36-28-21(19)16-39-26(28)14-23-22(30(39)41)17-46-31(42)33(23,44)4-2/h10-11,13-15,44H,3-9,12,16-17H2,1-2H3,(H2,35,37,38,40,43)/t33-/m0/s1. The highest BCUT2D eigenvalue weighted by Crippen LogP contribution is 2.40. The minimum atomic E-state index is -1.87. The summed E-state index contributed by atoms with van der Waals surface area (Å²) >= 11 is 0. The van der Waals surface area contributed by atoms with Gasteiger partial charge >= 0.3 is 11.7 Å². The van der Waals surface area contributed by atoms with Crippen LogP contribution in [0.5, 0.6) is 5.75 Å². The van der Waals surface area contributed by atoms with Crippen LogP contribution in [-0.4, -0.2) is 43.1 Å². The lowest BCUT2D eigenvalue weighted by atomic mass is 9.86. The van der Waals surface area contributed by atoms with E-state index in [0.717, 1.165) is 47.5 Å². The fraction of sp³-hybridized carbons (Fsp3) is 0.394. The molecule has 1 aromatic carbocycles. The Balaban J connectivity index is 1.10. The first kappa shape index (κ1) is 31.1. The third-order valence-electron chi connectivity index (χ3n) is 8.73. The molecule has 6 rings (SSSR count). The molecule has 12 nitrogen and oxygen atoms in total. The molecule has 0 unspecified atom stereocenters. The molecule has 0 bridgehead atoms. The van der Waals surface area contributed by atoms with Crippen LogP contribution in [0.15, 0.2) is 40.1 Å². The van der Waals surface area contributed by atoms with E-state index in [9.17, 15) is 28.7 Å². The van der Waals surface area contributed by atoms with Gasteiger partial charge in [0, 0.05) is 22.9 Å². The van der Waals surface area contributed by atoms with Gasteiger partial charge < -0.3 is 24.5 Å². The van der Waals surface area contributed by atoms with Crippen molar-refractivity contribution in [3.8, 4) is 17.1 Å². The minimum absolute atomic E-state index is 0.0825. The average molecular weight is 632 g/mol. The van der Waals surface area contributed by atoms with E-state index in [1.807, 2.05) is 18.2 Å². The van der Waals surface area contributed by atoms with Crippen LogP contribution in [0, 0.1) is 5.82 Å². The molecular formula is C33H34FN5O7. The van der Waals surface area contributed by atoms with Crippen molar-refractivity contribution in [2.24, 2.45) is 0 Å². The summed E-state index contributed by atoms with van der Waals surface area (Å²) in [5.41, 5.74) is 1.66. The molecule has 0 saturated carbocycles. The molecule has 2 aliphatic rings. The van der Waals surface area contributed by atoms with Gasteiger partial charge in [0.25, 0.3) is 5.56 Å². The topological polar surface area (TPSA) is 165 Å².